The zero-order valence-corrected chi connectivity index (χ0v) is 11.3. The van der Waals surface area contributed by atoms with Crippen molar-refractivity contribution in [3.05, 3.63) is 35.2 Å². The molecule has 0 aliphatic rings. The van der Waals surface area contributed by atoms with Gasteiger partial charge in [0, 0.05) is 23.5 Å². The van der Waals surface area contributed by atoms with Crippen molar-refractivity contribution in [3.63, 3.8) is 0 Å². The first kappa shape index (κ1) is 13.2. The van der Waals surface area contributed by atoms with Gasteiger partial charge in [0.25, 0.3) is 0 Å². The predicted molar refractivity (Wildman–Crippen MR) is 73.2 cm³/mol. The molecule has 0 bridgehead atoms. The molecule has 0 saturated heterocycles. The number of ether oxygens (including phenoxy) is 2. The second-order valence-corrected chi connectivity index (χ2v) is 4.67. The lowest BCUT2D eigenvalue weighted by Crippen LogP contribution is -2.27. The Morgan fingerprint density at radius 3 is 2.61 bits per heavy atom. The van der Waals surface area contributed by atoms with Gasteiger partial charge in [0.15, 0.2) is 0 Å². The maximum atomic E-state index is 12.4. The standard InChI is InChI=1S/C14H16O3S/c1-3-16-14(17-4-2)12(15)11-7-5-6-10-8-9-18-13(10)11/h5-9,14H,3-4H2,1-2H3. The highest BCUT2D eigenvalue weighted by atomic mass is 32.1. The second-order valence-electron chi connectivity index (χ2n) is 3.75. The summed E-state index contributed by atoms with van der Waals surface area (Å²) >= 11 is 1.56. The van der Waals surface area contributed by atoms with Crippen molar-refractivity contribution in [1.82, 2.24) is 0 Å². The summed E-state index contributed by atoms with van der Waals surface area (Å²) in [6.45, 7) is 4.61. The number of thiophene rings is 1. The third-order valence-electron chi connectivity index (χ3n) is 2.59. The molecule has 1 aromatic heterocycles. The van der Waals surface area contributed by atoms with Crippen LogP contribution >= 0.6 is 11.3 Å². The predicted octanol–water partition coefficient (Wildman–Crippen LogP) is 3.48. The molecule has 4 heteroatoms. The molecule has 0 radical (unpaired) electrons. The monoisotopic (exact) mass is 264 g/mol. The van der Waals surface area contributed by atoms with Gasteiger partial charge >= 0.3 is 0 Å². The molecule has 1 heterocycles. The third kappa shape index (κ3) is 2.61. The summed E-state index contributed by atoms with van der Waals surface area (Å²) in [5.74, 6) is -0.105. The van der Waals surface area contributed by atoms with E-state index in [0.29, 0.717) is 18.8 Å². The van der Waals surface area contributed by atoms with Gasteiger partial charge in [-0.3, -0.25) is 4.79 Å². The van der Waals surface area contributed by atoms with Gasteiger partial charge in [-0.25, -0.2) is 0 Å². The van der Waals surface area contributed by atoms with Crippen LogP contribution in [-0.4, -0.2) is 25.3 Å². The van der Waals surface area contributed by atoms with Crippen LogP contribution < -0.4 is 0 Å². The number of ketones is 1. The summed E-state index contributed by atoms with van der Waals surface area (Å²) in [5, 5.41) is 3.07. The molecule has 96 valence electrons. The number of carbonyl (C=O) groups is 1. The molecular formula is C14H16O3S. The number of benzene rings is 1. The summed E-state index contributed by atoms with van der Waals surface area (Å²) in [5.41, 5.74) is 0.675. The SMILES string of the molecule is CCOC(OCC)C(=O)c1cccc2ccsc12. The van der Waals surface area contributed by atoms with Crippen LogP contribution in [0, 0.1) is 0 Å². The minimum absolute atomic E-state index is 0.105. The van der Waals surface area contributed by atoms with Crippen molar-refractivity contribution in [1.29, 1.82) is 0 Å². The molecule has 18 heavy (non-hydrogen) atoms. The van der Waals surface area contributed by atoms with E-state index in [1.807, 2.05) is 43.5 Å². The Kier molecular flexibility index (Phi) is 4.47. The zero-order valence-electron chi connectivity index (χ0n) is 10.5. The molecule has 0 N–H and O–H groups in total. The topological polar surface area (TPSA) is 35.5 Å². The van der Waals surface area contributed by atoms with Crippen molar-refractivity contribution in [2.24, 2.45) is 0 Å². The first-order valence-electron chi connectivity index (χ1n) is 6.01. The van der Waals surface area contributed by atoms with Gasteiger partial charge in [-0.15, -0.1) is 11.3 Å². The average Bonchev–Trinajstić information content (AvgIpc) is 2.85. The molecule has 0 aliphatic heterocycles. The fraction of sp³-hybridized carbons (Fsp3) is 0.357. The fourth-order valence-corrected chi connectivity index (χ4v) is 2.73. The smallest absolute Gasteiger partial charge is 0.222 e. The molecule has 0 spiro atoms. The quantitative estimate of drug-likeness (QED) is 0.592. The number of Topliss-reactive ketones (excluding diaryl/α,β-unsaturated/α-hetero) is 1. The van der Waals surface area contributed by atoms with E-state index in [1.54, 1.807) is 11.3 Å². The number of carbonyl (C=O) groups excluding carboxylic acids is 1. The van der Waals surface area contributed by atoms with E-state index in [0.717, 1.165) is 10.1 Å². The summed E-state index contributed by atoms with van der Waals surface area (Å²) < 4.78 is 11.7. The van der Waals surface area contributed by atoms with Gasteiger partial charge in [-0.2, -0.15) is 0 Å². The van der Waals surface area contributed by atoms with Crippen molar-refractivity contribution in [2.75, 3.05) is 13.2 Å². The molecule has 0 amide bonds. The van der Waals surface area contributed by atoms with E-state index < -0.39 is 6.29 Å². The summed E-state index contributed by atoms with van der Waals surface area (Å²) in [7, 11) is 0. The molecular weight excluding hydrogens is 248 g/mol. The Morgan fingerprint density at radius 2 is 1.94 bits per heavy atom. The lowest BCUT2D eigenvalue weighted by molar-refractivity contribution is -0.107. The minimum Gasteiger partial charge on any atom is -0.346 e. The summed E-state index contributed by atoms with van der Waals surface area (Å²) in [4.78, 5) is 12.4. The fourth-order valence-electron chi connectivity index (χ4n) is 1.82. The summed E-state index contributed by atoms with van der Waals surface area (Å²) in [6.07, 6.45) is -0.798. The first-order valence-corrected chi connectivity index (χ1v) is 6.89. The van der Waals surface area contributed by atoms with E-state index in [9.17, 15) is 4.79 Å². The molecule has 3 nitrogen and oxygen atoms in total. The van der Waals surface area contributed by atoms with Crippen molar-refractivity contribution >= 4 is 27.2 Å². The van der Waals surface area contributed by atoms with Crippen molar-refractivity contribution in [3.8, 4) is 0 Å². The molecule has 2 aromatic rings. The largest absolute Gasteiger partial charge is 0.346 e. The van der Waals surface area contributed by atoms with Crippen LogP contribution in [0.3, 0.4) is 0 Å². The first-order chi connectivity index (χ1) is 8.77. The number of hydrogen-bond donors (Lipinski definition) is 0. The second kappa shape index (κ2) is 6.09. The molecule has 0 atom stereocenters. The van der Waals surface area contributed by atoms with Gasteiger partial charge < -0.3 is 9.47 Å². The van der Waals surface area contributed by atoms with Gasteiger partial charge in [0.1, 0.15) is 0 Å². The van der Waals surface area contributed by atoms with Gasteiger partial charge in [0.2, 0.25) is 12.1 Å². The van der Waals surface area contributed by atoms with Crippen LogP contribution in [-0.2, 0) is 9.47 Å². The Labute approximate surface area is 110 Å². The zero-order chi connectivity index (χ0) is 13.0. The Morgan fingerprint density at radius 1 is 1.22 bits per heavy atom. The van der Waals surface area contributed by atoms with E-state index in [2.05, 4.69) is 0 Å². The van der Waals surface area contributed by atoms with Gasteiger partial charge in [-0.1, -0.05) is 12.1 Å². The van der Waals surface area contributed by atoms with Crippen LogP contribution in [0.25, 0.3) is 10.1 Å². The van der Waals surface area contributed by atoms with E-state index in [-0.39, 0.29) is 5.78 Å². The lowest BCUT2D eigenvalue weighted by Gasteiger charge is -2.15. The van der Waals surface area contributed by atoms with Crippen LogP contribution in [0.1, 0.15) is 24.2 Å². The molecule has 0 unspecified atom stereocenters. The molecule has 0 saturated carbocycles. The van der Waals surface area contributed by atoms with Crippen molar-refractivity contribution < 1.29 is 14.3 Å². The number of rotatable bonds is 6. The maximum absolute atomic E-state index is 12.4. The van der Waals surface area contributed by atoms with E-state index in [4.69, 9.17) is 9.47 Å². The molecule has 0 aliphatic carbocycles. The van der Waals surface area contributed by atoms with E-state index in [1.165, 1.54) is 0 Å². The van der Waals surface area contributed by atoms with Crippen LogP contribution in [0.15, 0.2) is 29.6 Å². The third-order valence-corrected chi connectivity index (χ3v) is 3.56. The highest BCUT2D eigenvalue weighted by molar-refractivity contribution is 7.17. The Hall–Kier alpha value is -1.23. The average molecular weight is 264 g/mol. The van der Waals surface area contributed by atoms with E-state index >= 15 is 0 Å². The van der Waals surface area contributed by atoms with Crippen LogP contribution in [0.5, 0.6) is 0 Å². The highest BCUT2D eigenvalue weighted by Gasteiger charge is 2.22. The van der Waals surface area contributed by atoms with Crippen molar-refractivity contribution in [2.45, 2.75) is 20.1 Å². The molecule has 2 rings (SSSR count). The Balaban J connectivity index is 2.34. The highest BCUT2D eigenvalue weighted by Crippen LogP contribution is 2.26. The molecule has 0 fully saturated rings. The van der Waals surface area contributed by atoms with Gasteiger partial charge in [0.05, 0.1) is 0 Å². The lowest BCUT2D eigenvalue weighted by atomic mass is 10.1. The molecule has 1 aromatic carbocycles. The Bertz CT molecular complexity index is 527. The maximum Gasteiger partial charge on any atom is 0.222 e. The van der Waals surface area contributed by atoms with Gasteiger partial charge in [-0.05, 0) is 36.7 Å². The number of fused-ring (bicyclic) bond motifs is 1. The van der Waals surface area contributed by atoms with Crippen LogP contribution in [0.4, 0.5) is 0 Å². The number of hydrogen-bond acceptors (Lipinski definition) is 4. The normalized spacial score (nSPS) is 11.3. The van der Waals surface area contributed by atoms with Crippen LogP contribution in [0.2, 0.25) is 0 Å². The summed E-state index contributed by atoms with van der Waals surface area (Å²) in [6, 6.07) is 7.72. The minimum atomic E-state index is -0.798.